The van der Waals surface area contributed by atoms with Crippen LogP contribution in [0.15, 0.2) is 23.8 Å². The van der Waals surface area contributed by atoms with Gasteiger partial charge in [0.1, 0.15) is 0 Å². The lowest BCUT2D eigenvalue weighted by Gasteiger charge is -2.07. The summed E-state index contributed by atoms with van der Waals surface area (Å²) in [5, 5.41) is 9.17. The molecule has 0 atom stereocenters. The molecule has 0 aromatic rings. The number of carboxylic acids is 1. The molecule has 0 rings (SSSR count). The highest BCUT2D eigenvalue weighted by Crippen LogP contribution is 2.18. The maximum atomic E-state index is 11.1. The molecule has 1 N–H and O–H groups in total. The summed E-state index contributed by atoms with van der Waals surface area (Å²) < 4.78 is 0. The van der Waals surface area contributed by atoms with E-state index in [1.165, 1.54) is 128 Å². The van der Waals surface area contributed by atoms with Crippen molar-refractivity contribution in [2.45, 2.75) is 168 Å². The van der Waals surface area contributed by atoms with Crippen molar-refractivity contribution in [2.24, 2.45) is 0 Å². The van der Waals surface area contributed by atoms with Crippen LogP contribution >= 0.6 is 0 Å². The van der Waals surface area contributed by atoms with Gasteiger partial charge in [-0.25, -0.2) is 4.79 Å². The molecule has 0 aliphatic rings. The van der Waals surface area contributed by atoms with Gasteiger partial charge in [-0.3, -0.25) is 0 Å². The zero-order valence-electron chi connectivity index (χ0n) is 22.6. The molecule has 2 heteroatoms. The van der Waals surface area contributed by atoms with Crippen LogP contribution in [-0.2, 0) is 4.79 Å². The fourth-order valence-corrected chi connectivity index (χ4v) is 4.54. The average molecular weight is 463 g/mol. The Balaban J connectivity index is 3.62. The fourth-order valence-electron chi connectivity index (χ4n) is 4.54. The normalized spacial score (nSPS) is 12.1. The van der Waals surface area contributed by atoms with Gasteiger partial charge in [-0.15, -0.1) is 0 Å². The molecule has 0 aromatic carbocycles. The van der Waals surface area contributed by atoms with Crippen LogP contribution in [0.2, 0.25) is 0 Å². The summed E-state index contributed by atoms with van der Waals surface area (Å²) >= 11 is 0. The van der Waals surface area contributed by atoms with Crippen LogP contribution in [0.4, 0.5) is 0 Å². The molecule has 2 nitrogen and oxygen atoms in total. The highest BCUT2D eigenvalue weighted by Gasteiger charge is 2.02. The van der Waals surface area contributed by atoms with Crippen LogP contribution in [0.25, 0.3) is 0 Å². The van der Waals surface area contributed by atoms with Crippen molar-refractivity contribution >= 4 is 5.97 Å². The highest BCUT2D eigenvalue weighted by molar-refractivity contribution is 5.80. The Morgan fingerprint density at radius 3 is 1.33 bits per heavy atom. The Hall–Kier alpha value is -1.05. The minimum atomic E-state index is -0.780. The second-order valence-corrected chi connectivity index (χ2v) is 10.1. The SMILES string of the molecule is CCCCCCCC=CCCCC(=CC(=O)O)CCCCCCCCCCCCCCCC. The quantitative estimate of drug-likeness (QED) is 0.0788. The molecular weight excluding hydrogens is 404 g/mol. The van der Waals surface area contributed by atoms with Gasteiger partial charge in [0.25, 0.3) is 0 Å². The number of hydrogen-bond acceptors (Lipinski definition) is 1. The first kappa shape index (κ1) is 31.9. The maximum absolute atomic E-state index is 11.1. The predicted molar refractivity (Wildman–Crippen MR) is 147 cm³/mol. The van der Waals surface area contributed by atoms with E-state index in [1.807, 2.05) is 0 Å². The van der Waals surface area contributed by atoms with Gasteiger partial charge < -0.3 is 5.11 Å². The molecule has 0 unspecified atom stereocenters. The Morgan fingerprint density at radius 2 is 0.879 bits per heavy atom. The van der Waals surface area contributed by atoms with Crippen LogP contribution in [0.3, 0.4) is 0 Å². The largest absolute Gasteiger partial charge is 0.478 e. The van der Waals surface area contributed by atoms with E-state index in [-0.39, 0.29) is 0 Å². The summed E-state index contributed by atoms with van der Waals surface area (Å²) in [6.45, 7) is 4.54. The minimum Gasteiger partial charge on any atom is -0.478 e. The van der Waals surface area contributed by atoms with Gasteiger partial charge in [0.2, 0.25) is 0 Å². The molecule has 0 fully saturated rings. The molecule has 0 amide bonds. The summed E-state index contributed by atoms with van der Waals surface area (Å²) in [7, 11) is 0. The molecule has 33 heavy (non-hydrogen) atoms. The van der Waals surface area contributed by atoms with Crippen molar-refractivity contribution < 1.29 is 9.90 Å². The third-order valence-corrected chi connectivity index (χ3v) is 6.69. The standard InChI is InChI=1S/C31H58O2/c1-3-5-7-9-11-13-15-16-17-18-20-22-24-26-28-30(29-31(32)33)27-25-23-21-19-14-12-10-8-6-4-2/h19,21,29H,3-18,20,22-28H2,1-2H3,(H,32,33). The molecule has 0 saturated carbocycles. The van der Waals surface area contributed by atoms with E-state index >= 15 is 0 Å². The lowest BCUT2D eigenvalue weighted by molar-refractivity contribution is -0.131. The lowest BCUT2D eigenvalue weighted by Crippen LogP contribution is -1.94. The third kappa shape index (κ3) is 27.1. The van der Waals surface area contributed by atoms with E-state index in [9.17, 15) is 9.90 Å². The topological polar surface area (TPSA) is 37.3 Å². The number of hydrogen-bond donors (Lipinski definition) is 1. The van der Waals surface area contributed by atoms with Gasteiger partial charge in [0, 0.05) is 6.08 Å². The first-order chi connectivity index (χ1) is 16.2. The molecule has 0 aromatic heterocycles. The van der Waals surface area contributed by atoms with Crippen LogP contribution in [0.1, 0.15) is 168 Å². The molecule has 0 bridgehead atoms. The van der Waals surface area contributed by atoms with Crippen molar-refractivity contribution in [1.82, 2.24) is 0 Å². The smallest absolute Gasteiger partial charge is 0.328 e. The van der Waals surface area contributed by atoms with Crippen LogP contribution in [0.5, 0.6) is 0 Å². The molecule has 0 radical (unpaired) electrons. The van der Waals surface area contributed by atoms with Crippen molar-refractivity contribution in [1.29, 1.82) is 0 Å². The average Bonchev–Trinajstić information content (AvgIpc) is 2.80. The van der Waals surface area contributed by atoms with Crippen LogP contribution in [-0.4, -0.2) is 11.1 Å². The zero-order valence-corrected chi connectivity index (χ0v) is 22.6. The number of rotatable bonds is 26. The summed E-state index contributed by atoms with van der Waals surface area (Å²) in [4.78, 5) is 11.1. The van der Waals surface area contributed by atoms with Gasteiger partial charge in [0.05, 0.1) is 0 Å². The van der Waals surface area contributed by atoms with Crippen molar-refractivity contribution in [3.8, 4) is 0 Å². The molecule has 0 saturated heterocycles. The monoisotopic (exact) mass is 462 g/mol. The van der Waals surface area contributed by atoms with Gasteiger partial charge >= 0.3 is 5.97 Å². The number of carbonyl (C=O) groups is 1. The summed E-state index contributed by atoms with van der Waals surface area (Å²) in [5.41, 5.74) is 1.13. The number of allylic oxidation sites excluding steroid dienone is 3. The third-order valence-electron chi connectivity index (χ3n) is 6.69. The Bertz CT molecular complexity index is 464. The number of carboxylic acid groups (broad SMARTS) is 1. The van der Waals surface area contributed by atoms with E-state index in [4.69, 9.17) is 0 Å². The van der Waals surface area contributed by atoms with Crippen molar-refractivity contribution in [2.75, 3.05) is 0 Å². The van der Waals surface area contributed by atoms with Crippen LogP contribution < -0.4 is 0 Å². The van der Waals surface area contributed by atoms with E-state index < -0.39 is 5.97 Å². The molecular formula is C31H58O2. The van der Waals surface area contributed by atoms with Crippen molar-refractivity contribution in [3.05, 3.63) is 23.8 Å². The number of aliphatic carboxylic acids is 1. The number of unbranched alkanes of at least 4 members (excludes halogenated alkanes) is 19. The molecule has 0 aliphatic carbocycles. The fraction of sp³-hybridized carbons (Fsp3) is 0.839. The minimum absolute atomic E-state index is 0.780. The van der Waals surface area contributed by atoms with E-state index in [2.05, 4.69) is 26.0 Å². The van der Waals surface area contributed by atoms with Crippen molar-refractivity contribution in [3.63, 3.8) is 0 Å². The van der Waals surface area contributed by atoms with Gasteiger partial charge in [-0.05, 0) is 44.9 Å². The van der Waals surface area contributed by atoms with Gasteiger partial charge in [-0.2, -0.15) is 0 Å². The van der Waals surface area contributed by atoms with Gasteiger partial charge in [-0.1, -0.05) is 141 Å². The van der Waals surface area contributed by atoms with E-state index in [1.54, 1.807) is 0 Å². The van der Waals surface area contributed by atoms with Crippen LogP contribution in [0, 0.1) is 0 Å². The zero-order chi connectivity index (χ0) is 24.2. The van der Waals surface area contributed by atoms with E-state index in [0.29, 0.717) is 0 Å². The molecule has 194 valence electrons. The summed E-state index contributed by atoms with van der Waals surface area (Å²) in [5.74, 6) is -0.780. The molecule has 0 aliphatic heterocycles. The van der Waals surface area contributed by atoms with E-state index in [0.717, 1.165) is 37.7 Å². The van der Waals surface area contributed by atoms with Gasteiger partial charge in [0.15, 0.2) is 0 Å². The molecule has 0 heterocycles. The molecule has 0 spiro atoms. The first-order valence-corrected chi connectivity index (χ1v) is 14.8. The highest BCUT2D eigenvalue weighted by atomic mass is 16.4. The maximum Gasteiger partial charge on any atom is 0.328 e. The second-order valence-electron chi connectivity index (χ2n) is 10.1. The Kier molecular flexibility index (Phi) is 26.3. The predicted octanol–water partition coefficient (Wildman–Crippen LogP) is 11.0. The second kappa shape index (κ2) is 27.2. The Labute approximate surface area is 207 Å². The lowest BCUT2D eigenvalue weighted by atomic mass is 9.99. The first-order valence-electron chi connectivity index (χ1n) is 14.8. The summed E-state index contributed by atoms with van der Waals surface area (Å²) in [6.07, 6.45) is 37.1. The Morgan fingerprint density at radius 1 is 0.515 bits per heavy atom. The summed E-state index contributed by atoms with van der Waals surface area (Å²) in [6, 6.07) is 0.